The van der Waals surface area contributed by atoms with Crippen LogP contribution in [-0.2, 0) is 0 Å². The van der Waals surface area contributed by atoms with Crippen LogP contribution in [0.1, 0.15) is 24.4 Å². The second-order valence-electron chi connectivity index (χ2n) is 5.44. The van der Waals surface area contributed by atoms with Gasteiger partial charge in [0.05, 0.1) is 20.3 Å². The fourth-order valence-corrected chi connectivity index (χ4v) is 3.25. The summed E-state index contributed by atoms with van der Waals surface area (Å²) in [4.78, 5) is 2.42. The molecule has 4 heteroatoms. The van der Waals surface area contributed by atoms with Crippen molar-refractivity contribution in [1.29, 1.82) is 0 Å². The van der Waals surface area contributed by atoms with Gasteiger partial charge in [-0.25, -0.2) is 0 Å². The highest BCUT2D eigenvalue weighted by atomic mass is 35.5. The van der Waals surface area contributed by atoms with Gasteiger partial charge in [0.15, 0.2) is 0 Å². The standard InChI is InChI=1S/C18H20ClNO2/c1-21-15-9-10-16(18(12-15)22-2)17-4-3-11-20(17)14-7-5-13(19)6-8-14/h5-10,12,17H,3-4,11H2,1-2H3. The fourth-order valence-electron chi connectivity index (χ4n) is 3.13. The van der Waals surface area contributed by atoms with Gasteiger partial charge >= 0.3 is 0 Å². The Labute approximate surface area is 136 Å². The van der Waals surface area contributed by atoms with E-state index in [1.54, 1.807) is 14.2 Å². The maximum atomic E-state index is 6.00. The average molecular weight is 318 g/mol. The highest BCUT2D eigenvalue weighted by Crippen LogP contribution is 2.41. The summed E-state index contributed by atoms with van der Waals surface area (Å²) in [5, 5.41) is 0.765. The Kier molecular flexibility index (Phi) is 4.44. The molecule has 116 valence electrons. The smallest absolute Gasteiger partial charge is 0.127 e. The number of halogens is 1. The van der Waals surface area contributed by atoms with Gasteiger partial charge in [-0.05, 0) is 49.2 Å². The molecular weight excluding hydrogens is 298 g/mol. The van der Waals surface area contributed by atoms with Crippen LogP contribution in [-0.4, -0.2) is 20.8 Å². The van der Waals surface area contributed by atoms with Crippen LogP contribution in [0, 0.1) is 0 Å². The molecule has 1 atom stereocenters. The number of anilines is 1. The Morgan fingerprint density at radius 3 is 2.50 bits per heavy atom. The molecule has 2 aromatic rings. The molecule has 1 unspecified atom stereocenters. The van der Waals surface area contributed by atoms with Crippen molar-refractivity contribution in [2.24, 2.45) is 0 Å². The first-order valence-corrected chi connectivity index (χ1v) is 7.85. The largest absolute Gasteiger partial charge is 0.497 e. The molecule has 2 aromatic carbocycles. The average Bonchev–Trinajstić information content (AvgIpc) is 3.04. The summed E-state index contributed by atoms with van der Waals surface area (Å²) in [6, 6.07) is 14.4. The van der Waals surface area contributed by atoms with Crippen LogP contribution in [0.3, 0.4) is 0 Å². The van der Waals surface area contributed by atoms with Crippen LogP contribution >= 0.6 is 11.6 Å². The normalized spacial score (nSPS) is 17.6. The zero-order valence-corrected chi connectivity index (χ0v) is 13.6. The van der Waals surface area contributed by atoms with Gasteiger partial charge in [-0.1, -0.05) is 11.6 Å². The number of benzene rings is 2. The van der Waals surface area contributed by atoms with Crippen LogP contribution in [0.5, 0.6) is 11.5 Å². The molecule has 1 fully saturated rings. The van der Waals surface area contributed by atoms with Crippen molar-refractivity contribution in [2.75, 3.05) is 25.7 Å². The molecule has 0 amide bonds. The van der Waals surface area contributed by atoms with Crippen LogP contribution in [0.15, 0.2) is 42.5 Å². The van der Waals surface area contributed by atoms with Crippen molar-refractivity contribution in [3.8, 4) is 11.5 Å². The van der Waals surface area contributed by atoms with E-state index < -0.39 is 0 Å². The molecule has 3 nitrogen and oxygen atoms in total. The quantitative estimate of drug-likeness (QED) is 0.816. The molecule has 0 saturated carbocycles. The van der Waals surface area contributed by atoms with Gasteiger partial charge in [-0.3, -0.25) is 0 Å². The van der Waals surface area contributed by atoms with E-state index in [9.17, 15) is 0 Å². The number of ether oxygens (including phenoxy) is 2. The van der Waals surface area contributed by atoms with E-state index in [4.69, 9.17) is 21.1 Å². The number of hydrogen-bond acceptors (Lipinski definition) is 3. The first-order chi connectivity index (χ1) is 10.7. The lowest BCUT2D eigenvalue weighted by atomic mass is 10.0. The Hall–Kier alpha value is -1.87. The molecule has 1 aliphatic heterocycles. The first-order valence-electron chi connectivity index (χ1n) is 7.47. The van der Waals surface area contributed by atoms with E-state index in [0.717, 1.165) is 29.5 Å². The van der Waals surface area contributed by atoms with Crippen LogP contribution in [0.25, 0.3) is 0 Å². The molecule has 1 heterocycles. The molecule has 0 bridgehead atoms. The summed E-state index contributed by atoms with van der Waals surface area (Å²) < 4.78 is 10.9. The third-order valence-electron chi connectivity index (χ3n) is 4.21. The van der Waals surface area contributed by atoms with Gasteiger partial charge in [0.25, 0.3) is 0 Å². The molecule has 1 saturated heterocycles. The van der Waals surface area contributed by atoms with Gasteiger partial charge in [0.1, 0.15) is 11.5 Å². The number of nitrogens with zero attached hydrogens (tertiary/aromatic N) is 1. The lowest BCUT2D eigenvalue weighted by Gasteiger charge is -2.28. The lowest BCUT2D eigenvalue weighted by Crippen LogP contribution is -2.22. The highest BCUT2D eigenvalue weighted by molar-refractivity contribution is 6.30. The lowest BCUT2D eigenvalue weighted by molar-refractivity contribution is 0.388. The van der Waals surface area contributed by atoms with Crippen LogP contribution in [0.2, 0.25) is 5.02 Å². The molecule has 0 N–H and O–H groups in total. The van der Waals surface area contributed by atoms with E-state index in [0.29, 0.717) is 6.04 Å². The van der Waals surface area contributed by atoms with Gasteiger partial charge in [-0.2, -0.15) is 0 Å². The van der Waals surface area contributed by atoms with Crippen LogP contribution < -0.4 is 14.4 Å². The van der Waals surface area contributed by atoms with Crippen molar-refractivity contribution in [3.63, 3.8) is 0 Å². The van der Waals surface area contributed by atoms with E-state index in [1.807, 2.05) is 24.3 Å². The summed E-state index contributed by atoms with van der Waals surface area (Å²) in [5.41, 5.74) is 2.40. The Balaban J connectivity index is 1.94. The molecular formula is C18H20ClNO2. The molecule has 3 rings (SSSR count). The van der Waals surface area contributed by atoms with Gasteiger partial charge in [-0.15, -0.1) is 0 Å². The first kappa shape index (κ1) is 15.0. The molecule has 0 aromatic heterocycles. The topological polar surface area (TPSA) is 21.7 Å². The number of methoxy groups -OCH3 is 2. The van der Waals surface area contributed by atoms with E-state index in [-0.39, 0.29) is 0 Å². The fraction of sp³-hybridized carbons (Fsp3) is 0.333. The third-order valence-corrected chi connectivity index (χ3v) is 4.46. The number of hydrogen-bond donors (Lipinski definition) is 0. The maximum absolute atomic E-state index is 6.00. The van der Waals surface area contributed by atoms with Gasteiger partial charge < -0.3 is 14.4 Å². The molecule has 1 aliphatic rings. The zero-order chi connectivity index (χ0) is 15.5. The van der Waals surface area contributed by atoms with E-state index in [1.165, 1.54) is 17.7 Å². The van der Waals surface area contributed by atoms with E-state index >= 15 is 0 Å². The van der Waals surface area contributed by atoms with Crippen molar-refractivity contribution in [3.05, 3.63) is 53.1 Å². The highest BCUT2D eigenvalue weighted by Gasteiger charge is 2.28. The zero-order valence-electron chi connectivity index (χ0n) is 12.9. The van der Waals surface area contributed by atoms with Crippen LogP contribution in [0.4, 0.5) is 5.69 Å². The summed E-state index contributed by atoms with van der Waals surface area (Å²) >= 11 is 6.00. The van der Waals surface area contributed by atoms with Crippen molar-refractivity contribution in [1.82, 2.24) is 0 Å². The summed E-state index contributed by atoms with van der Waals surface area (Å²) in [5.74, 6) is 1.70. The molecule has 22 heavy (non-hydrogen) atoms. The van der Waals surface area contributed by atoms with Crippen molar-refractivity contribution in [2.45, 2.75) is 18.9 Å². The van der Waals surface area contributed by atoms with Crippen molar-refractivity contribution >= 4 is 17.3 Å². The minimum atomic E-state index is 0.321. The van der Waals surface area contributed by atoms with Crippen molar-refractivity contribution < 1.29 is 9.47 Å². The predicted octanol–water partition coefficient (Wildman–Crippen LogP) is 4.70. The SMILES string of the molecule is COc1ccc(C2CCCN2c2ccc(Cl)cc2)c(OC)c1. The third kappa shape index (κ3) is 2.86. The molecule has 0 aliphatic carbocycles. The predicted molar refractivity (Wildman–Crippen MR) is 90.3 cm³/mol. The number of rotatable bonds is 4. The van der Waals surface area contributed by atoms with Gasteiger partial charge in [0, 0.05) is 28.9 Å². The minimum absolute atomic E-state index is 0.321. The second-order valence-corrected chi connectivity index (χ2v) is 5.87. The van der Waals surface area contributed by atoms with Gasteiger partial charge in [0.2, 0.25) is 0 Å². The summed E-state index contributed by atoms with van der Waals surface area (Å²) in [6.07, 6.45) is 2.29. The monoisotopic (exact) mass is 317 g/mol. The Bertz CT molecular complexity index is 642. The Morgan fingerprint density at radius 2 is 1.82 bits per heavy atom. The Morgan fingerprint density at radius 1 is 1.05 bits per heavy atom. The maximum Gasteiger partial charge on any atom is 0.127 e. The molecule has 0 spiro atoms. The molecule has 0 radical (unpaired) electrons. The summed E-state index contributed by atoms with van der Waals surface area (Å²) in [7, 11) is 3.38. The summed E-state index contributed by atoms with van der Waals surface area (Å²) in [6.45, 7) is 1.04. The van der Waals surface area contributed by atoms with E-state index in [2.05, 4.69) is 23.1 Å². The minimum Gasteiger partial charge on any atom is -0.497 e. The second kappa shape index (κ2) is 6.49.